The van der Waals surface area contributed by atoms with Crippen molar-refractivity contribution in [1.82, 2.24) is 4.72 Å². The number of sulfonamides is 1. The van der Waals surface area contributed by atoms with Gasteiger partial charge >= 0.3 is 0 Å². The number of hydrogen-bond acceptors (Lipinski definition) is 4. The molecule has 0 bridgehead atoms. The fraction of sp³-hybridized carbons (Fsp3) is 0.500. The highest BCUT2D eigenvalue weighted by molar-refractivity contribution is 7.99. The van der Waals surface area contributed by atoms with E-state index in [1.165, 1.54) is 24.8 Å². The summed E-state index contributed by atoms with van der Waals surface area (Å²) in [6.07, 6.45) is 1.89. The van der Waals surface area contributed by atoms with E-state index in [0.717, 1.165) is 6.07 Å². The second-order valence-electron chi connectivity index (χ2n) is 4.26. The molecule has 4 nitrogen and oxygen atoms in total. The van der Waals surface area contributed by atoms with Crippen LogP contribution in [-0.2, 0) is 16.6 Å². The number of aliphatic hydroxyl groups is 1. The van der Waals surface area contributed by atoms with E-state index in [-0.39, 0.29) is 27.8 Å². The van der Waals surface area contributed by atoms with Crippen LogP contribution < -0.4 is 4.72 Å². The summed E-state index contributed by atoms with van der Waals surface area (Å²) in [5.74, 6) is -0.634. The lowest BCUT2D eigenvalue weighted by Gasteiger charge is -2.13. The third kappa shape index (κ3) is 4.17. The van der Waals surface area contributed by atoms with Gasteiger partial charge in [-0.15, -0.1) is 0 Å². The number of aliphatic hydroxyl groups excluding tert-OH is 1. The molecule has 0 aliphatic rings. The number of thioether (sulfide) groups is 1. The Morgan fingerprint density at radius 3 is 2.63 bits per heavy atom. The van der Waals surface area contributed by atoms with Gasteiger partial charge in [-0.3, -0.25) is 0 Å². The van der Waals surface area contributed by atoms with Crippen molar-refractivity contribution in [3.63, 3.8) is 0 Å². The first kappa shape index (κ1) is 16.4. The van der Waals surface area contributed by atoms with E-state index in [2.05, 4.69) is 4.72 Å². The maximum absolute atomic E-state index is 13.6. The van der Waals surface area contributed by atoms with Crippen LogP contribution in [0.4, 0.5) is 4.39 Å². The first-order chi connectivity index (χ1) is 8.81. The van der Waals surface area contributed by atoms with Gasteiger partial charge in [0.2, 0.25) is 10.0 Å². The molecular weight excluding hydrogens is 289 g/mol. The van der Waals surface area contributed by atoms with Crippen LogP contribution >= 0.6 is 11.8 Å². The molecule has 1 unspecified atom stereocenters. The first-order valence-corrected chi connectivity index (χ1v) is 8.51. The van der Waals surface area contributed by atoms with Crippen LogP contribution in [0.2, 0.25) is 0 Å². The Kier molecular flexibility index (Phi) is 5.79. The summed E-state index contributed by atoms with van der Waals surface area (Å²) < 4.78 is 40.3. The molecule has 0 aromatic heterocycles. The van der Waals surface area contributed by atoms with Crippen LogP contribution in [0.3, 0.4) is 0 Å². The molecule has 0 radical (unpaired) electrons. The van der Waals surface area contributed by atoms with Crippen molar-refractivity contribution in [1.29, 1.82) is 0 Å². The van der Waals surface area contributed by atoms with E-state index in [9.17, 15) is 12.8 Å². The number of rotatable bonds is 6. The standard InChI is InChI=1S/C12H18FNO3S2/c1-8(18-3)6-14-19(16,17)12-5-10(7-15)4-11(13)9(12)2/h4-5,8,14-15H,6-7H2,1-3H3. The Hall–Kier alpha value is -0.630. The molecule has 1 rings (SSSR count). The van der Waals surface area contributed by atoms with Gasteiger partial charge in [-0.1, -0.05) is 6.92 Å². The summed E-state index contributed by atoms with van der Waals surface area (Å²) in [5, 5.41) is 9.14. The molecule has 1 aromatic carbocycles. The molecule has 0 heterocycles. The highest BCUT2D eigenvalue weighted by Gasteiger charge is 2.20. The normalized spacial score (nSPS) is 13.5. The second-order valence-corrected chi connectivity index (χ2v) is 7.27. The first-order valence-electron chi connectivity index (χ1n) is 5.74. The van der Waals surface area contributed by atoms with E-state index in [1.807, 2.05) is 13.2 Å². The molecule has 7 heteroatoms. The van der Waals surface area contributed by atoms with E-state index >= 15 is 0 Å². The Balaban J connectivity index is 3.10. The maximum atomic E-state index is 13.6. The molecule has 108 valence electrons. The molecule has 19 heavy (non-hydrogen) atoms. The van der Waals surface area contributed by atoms with E-state index < -0.39 is 22.4 Å². The van der Waals surface area contributed by atoms with Gasteiger partial charge in [0.25, 0.3) is 0 Å². The van der Waals surface area contributed by atoms with Gasteiger partial charge in [0.1, 0.15) is 5.82 Å². The smallest absolute Gasteiger partial charge is 0.240 e. The van der Waals surface area contributed by atoms with Crippen LogP contribution in [-0.4, -0.2) is 31.6 Å². The SMILES string of the molecule is CSC(C)CNS(=O)(=O)c1cc(CO)cc(F)c1C. The summed E-state index contributed by atoms with van der Waals surface area (Å²) in [7, 11) is -3.77. The largest absolute Gasteiger partial charge is 0.392 e. The van der Waals surface area contributed by atoms with Crippen LogP contribution in [0.25, 0.3) is 0 Å². The fourth-order valence-electron chi connectivity index (χ4n) is 1.47. The second kappa shape index (κ2) is 6.69. The lowest BCUT2D eigenvalue weighted by atomic mass is 10.1. The van der Waals surface area contributed by atoms with E-state index in [0.29, 0.717) is 0 Å². The topological polar surface area (TPSA) is 66.4 Å². The van der Waals surface area contributed by atoms with Gasteiger partial charge in [0, 0.05) is 17.4 Å². The predicted molar refractivity (Wildman–Crippen MR) is 75.2 cm³/mol. The Labute approximate surface area is 117 Å². The van der Waals surface area contributed by atoms with Crippen molar-refractivity contribution >= 4 is 21.8 Å². The molecule has 0 aliphatic heterocycles. The quantitative estimate of drug-likeness (QED) is 0.839. The molecular formula is C12H18FNO3S2. The molecule has 1 atom stereocenters. The van der Waals surface area contributed by atoms with Crippen LogP contribution in [0, 0.1) is 12.7 Å². The van der Waals surface area contributed by atoms with Crippen LogP contribution in [0.15, 0.2) is 17.0 Å². The van der Waals surface area contributed by atoms with Gasteiger partial charge in [0.05, 0.1) is 11.5 Å². The van der Waals surface area contributed by atoms with Gasteiger partial charge in [0.15, 0.2) is 0 Å². The van der Waals surface area contributed by atoms with Gasteiger partial charge in [-0.25, -0.2) is 17.5 Å². The number of halogens is 1. The highest BCUT2D eigenvalue weighted by atomic mass is 32.2. The number of benzene rings is 1. The van der Waals surface area contributed by atoms with Crippen molar-refractivity contribution in [2.24, 2.45) is 0 Å². The summed E-state index contributed by atoms with van der Waals surface area (Å²) in [4.78, 5) is -0.121. The minimum atomic E-state index is -3.77. The third-order valence-corrected chi connectivity index (χ3v) is 5.31. The zero-order chi connectivity index (χ0) is 14.6. The zero-order valence-corrected chi connectivity index (χ0v) is 12.7. The van der Waals surface area contributed by atoms with Crippen molar-refractivity contribution in [3.8, 4) is 0 Å². The Morgan fingerprint density at radius 1 is 1.47 bits per heavy atom. The van der Waals surface area contributed by atoms with Gasteiger partial charge in [-0.05, 0) is 30.9 Å². The molecule has 0 amide bonds. The lowest BCUT2D eigenvalue weighted by molar-refractivity contribution is 0.281. The highest BCUT2D eigenvalue weighted by Crippen LogP contribution is 2.21. The lowest BCUT2D eigenvalue weighted by Crippen LogP contribution is -2.30. The number of hydrogen-bond donors (Lipinski definition) is 2. The van der Waals surface area contributed by atoms with Gasteiger partial charge < -0.3 is 5.11 Å². The minimum absolute atomic E-state index is 0.0569. The van der Waals surface area contributed by atoms with Crippen molar-refractivity contribution in [2.75, 3.05) is 12.8 Å². The third-order valence-electron chi connectivity index (χ3n) is 2.79. The summed E-state index contributed by atoms with van der Waals surface area (Å²) >= 11 is 1.53. The Bertz CT molecular complexity index is 546. The van der Waals surface area contributed by atoms with Crippen LogP contribution in [0.5, 0.6) is 0 Å². The molecule has 0 aliphatic carbocycles. The van der Waals surface area contributed by atoms with E-state index in [1.54, 1.807) is 0 Å². The molecule has 0 spiro atoms. The minimum Gasteiger partial charge on any atom is -0.392 e. The summed E-state index contributed by atoms with van der Waals surface area (Å²) in [5.41, 5.74) is 0.294. The summed E-state index contributed by atoms with van der Waals surface area (Å²) in [6, 6.07) is 2.43. The Morgan fingerprint density at radius 2 is 2.11 bits per heavy atom. The van der Waals surface area contributed by atoms with Crippen LogP contribution in [0.1, 0.15) is 18.1 Å². The van der Waals surface area contributed by atoms with Crippen molar-refractivity contribution in [2.45, 2.75) is 30.6 Å². The maximum Gasteiger partial charge on any atom is 0.240 e. The fourth-order valence-corrected chi connectivity index (χ4v) is 3.25. The van der Waals surface area contributed by atoms with Crippen molar-refractivity contribution in [3.05, 3.63) is 29.1 Å². The zero-order valence-electron chi connectivity index (χ0n) is 11.1. The average Bonchev–Trinajstić information content (AvgIpc) is 2.38. The number of nitrogens with one attached hydrogen (secondary N) is 1. The van der Waals surface area contributed by atoms with E-state index in [4.69, 9.17) is 5.11 Å². The average molecular weight is 307 g/mol. The predicted octanol–water partition coefficient (Wildman–Crippen LogP) is 1.66. The summed E-state index contributed by atoms with van der Waals surface area (Å²) in [6.45, 7) is 3.17. The molecule has 0 saturated carbocycles. The molecule has 0 saturated heterocycles. The monoisotopic (exact) mass is 307 g/mol. The molecule has 2 N–H and O–H groups in total. The van der Waals surface area contributed by atoms with Crippen molar-refractivity contribution < 1.29 is 17.9 Å². The molecule has 0 fully saturated rings. The van der Waals surface area contributed by atoms with Gasteiger partial charge in [-0.2, -0.15) is 11.8 Å². The molecule has 1 aromatic rings.